The molecule has 2 rings (SSSR count). The van der Waals surface area contributed by atoms with Crippen LogP contribution in [-0.4, -0.2) is 35.9 Å². The number of hydrogen-bond acceptors (Lipinski definition) is 4. The Morgan fingerprint density at radius 1 is 1.45 bits per heavy atom. The molecule has 20 heavy (non-hydrogen) atoms. The minimum absolute atomic E-state index is 0.142. The quantitative estimate of drug-likeness (QED) is 0.684. The van der Waals surface area contributed by atoms with Gasteiger partial charge in [0, 0.05) is 30.3 Å². The zero-order valence-corrected chi connectivity index (χ0v) is 12.9. The number of amides is 1. The monoisotopic (exact) mass is 294 g/mol. The van der Waals surface area contributed by atoms with E-state index >= 15 is 0 Å². The summed E-state index contributed by atoms with van der Waals surface area (Å²) in [6, 6.07) is 0. The molecule has 0 spiro atoms. The minimum Gasteiger partial charge on any atom is -0.462 e. The maximum atomic E-state index is 12.1. The number of nitrogens with zero attached hydrogens (tertiary/aromatic N) is 1. The molecule has 108 valence electrons. The van der Waals surface area contributed by atoms with E-state index in [1.165, 1.54) is 0 Å². The van der Waals surface area contributed by atoms with Crippen LogP contribution in [0, 0.1) is 13.8 Å². The highest BCUT2D eigenvalue weighted by atomic mass is 32.2. The Morgan fingerprint density at radius 3 is 2.75 bits per heavy atom. The van der Waals surface area contributed by atoms with Gasteiger partial charge < -0.3 is 14.6 Å². The maximum absolute atomic E-state index is 12.1. The van der Waals surface area contributed by atoms with E-state index in [0.717, 1.165) is 22.0 Å². The van der Waals surface area contributed by atoms with E-state index in [9.17, 15) is 9.59 Å². The molecular weight excluding hydrogens is 276 g/mol. The molecule has 0 aromatic carbocycles. The Balaban J connectivity index is 2.51. The van der Waals surface area contributed by atoms with Gasteiger partial charge in [0.15, 0.2) is 0 Å². The van der Waals surface area contributed by atoms with Crippen LogP contribution in [0.1, 0.15) is 28.5 Å². The van der Waals surface area contributed by atoms with Crippen LogP contribution in [-0.2, 0) is 9.53 Å². The van der Waals surface area contributed by atoms with E-state index in [1.54, 1.807) is 31.8 Å². The SMILES string of the molecule is CCOC(=O)c1c(C)c(C)n2c1SCC2=CC(=O)NC. The number of aromatic nitrogens is 1. The topological polar surface area (TPSA) is 60.3 Å². The highest BCUT2D eigenvalue weighted by molar-refractivity contribution is 8.00. The van der Waals surface area contributed by atoms with Gasteiger partial charge in [-0.05, 0) is 26.3 Å². The fourth-order valence-corrected chi connectivity index (χ4v) is 3.50. The number of carbonyl (C=O) groups is 2. The van der Waals surface area contributed by atoms with E-state index in [4.69, 9.17) is 4.74 Å². The molecule has 0 saturated heterocycles. The highest BCUT2D eigenvalue weighted by Crippen LogP contribution is 2.40. The van der Waals surface area contributed by atoms with Crippen LogP contribution in [0.2, 0.25) is 0 Å². The van der Waals surface area contributed by atoms with Crippen molar-refractivity contribution in [2.75, 3.05) is 19.4 Å². The number of carbonyl (C=O) groups excluding carboxylic acids is 2. The smallest absolute Gasteiger partial charge is 0.341 e. The molecule has 0 bridgehead atoms. The molecule has 1 N–H and O–H groups in total. The van der Waals surface area contributed by atoms with Crippen LogP contribution in [0.25, 0.3) is 5.70 Å². The number of ether oxygens (including phenoxy) is 1. The number of nitrogens with one attached hydrogen (secondary N) is 1. The van der Waals surface area contributed by atoms with Gasteiger partial charge in [0.2, 0.25) is 5.91 Å². The standard InChI is InChI=1S/C14H18N2O3S/c1-5-19-14(18)12-8(2)9(3)16-10(6-11(17)15-4)7-20-13(12)16/h6H,5,7H2,1-4H3,(H,15,17). The fourth-order valence-electron chi connectivity index (χ4n) is 2.24. The van der Waals surface area contributed by atoms with Gasteiger partial charge in [-0.1, -0.05) is 0 Å². The van der Waals surface area contributed by atoms with Crippen LogP contribution in [0.5, 0.6) is 0 Å². The lowest BCUT2D eigenvalue weighted by Gasteiger charge is -2.04. The Bertz CT molecular complexity index is 602. The van der Waals surface area contributed by atoms with Crippen molar-refractivity contribution in [1.29, 1.82) is 0 Å². The molecule has 0 atom stereocenters. The Labute approximate surface area is 122 Å². The van der Waals surface area contributed by atoms with Crippen molar-refractivity contribution in [1.82, 2.24) is 9.88 Å². The molecule has 6 heteroatoms. The predicted octanol–water partition coefficient (Wildman–Crippen LogP) is 1.97. The van der Waals surface area contributed by atoms with E-state index in [0.29, 0.717) is 17.9 Å². The van der Waals surface area contributed by atoms with Crippen molar-refractivity contribution in [3.8, 4) is 0 Å². The summed E-state index contributed by atoms with van der Waals surface area (Å²) in [4.78, 5) is 23.6. The first-order valence-electron chi connectivity index (χ1n) is 6.45. The summed E-state index contributed by atoms with van der Waals surface area (Å²) in [6.45, 7) is 6.00. The minimum atomic E-state index is -0.296. The van der Waals surface area contributed by atoms with Crippen molar-refractivity contribution < 1.29 is 14.3 Å². The van der Waals surface area contributed by atoms with Gasteiger partial charge in [0.25, 0.3) is 0 Å². The van der Waals surface area contributed by atoms with E-state index in [2.05, 4.69) is 5.32 Å². The molecule has 0 fully saturated rings. The van der Waals surface area contributed by atoms with Gasteiger partial charge >= 0.3 is 5.97 Å². The first kappa shape index (κ1) is 14.7. The normalized spacial score (nSPS) is 15.3. The van der Waals surface area contributed by atoms with Crippen LogP contribution >= 0.6 is 11.8 Å². The average Bonchev–Trinajstić information content (AvgIpc) is 2.91. The van der Waals surface area contributed by atoms with Crippen molar-refractivity contribution in [3.63, 3.8) is 0 Å². The summed E-state index contributed by atoms with van der Waals surface area (Å²) < 4.78 is 7.09. The van der Waals surface area contributed by atoms with E-state index in [1.807, 2.05) is 18.4 Å². The van der Waals surface area contributed by atoms with Crippen LogP contribution in [0.4, 0.5) is 0 Å². The molecular formula is C14H18N2O3S. The third-order valence-electron chi connectivity index (χ3n) is 3.34. The lowest BCUT2D eigenvalue weighted by atomic mass is 10.2. The zero-order valence-electron chi connectivity index (χ0n) is 12.1. The number of hydrogen-bond donors (Lipinski definition) is 1. The number of thioether (sulfide) groups is 1. The zero-order chi connectivity index (χ0) is 14.9. The fraction of sp³-hybridized carbons (Fsp3) is 0.429. The predicted molar refractivity (Wildman–Crippen MR) is 78.9 cm³/mol. The lowest BCUT2D eigenvalue weighted by Crippen LogP contribution is -2.15. The molecule has 1 aliphatic rings. The molecule has 2 heterocycles. The number of likely N-dealkylation sites (N-methyl/N-ethyl adjacent to an activating group) is 1. The van der Waals surface area contributed by atoms with Gasteiger partial charge in [-0.15, -0.1) is 11.8 Å². The second kappa shape index (κ2) is 5.75. The van der Waals surface area contributed by atoms with Crippen molar-refractivity contribution in [2.45, 2.75) is 25.8 Å². The molecule has 0 unspecified atom stereocenters. The van der Waals surface area contributed by atoms with Crippen LogP contribution < -0.4 is 5.32 Å². The molecule has 0 saturated carbocycles. The number of rotatable bonds is 3. The maximum Gasteiger partial charge on any atom is 0.341 e. The largest absolute Gasteiger partial charge is 0.462 e. The van der Waals surface area contributed by atoms with E-state index < -0.39 is 0 Å². The molecule has 0 radical (unpaired) electrons. The third kappa shape index (κ3) is 2.35. The number of esters is 1. The molecule has 1 amide bonds. The average molecular weight is 294 g/mol. The van der Waals surface area contributed by atoms with Crippen molar-refractivity contribution in [3.05, 3.63) is 22.9 Å². The Morgan fingerprint density at radius 2 is 2.15 bits per heavy atom. The van der Waals surface area contributed by atoms with Crippen molar-refractivity contribution in [2.24, 2.45) is 0 Å². The van der Waals surface area contributed by atoms with Crippen LogP contribution in [0.3, 0.4) is 0 Å². The van der Waals surface area contributed by atoms with Gasteiger partial charge in [0.05, 0.1) is 17.2 Å². The highest BCUT2D eigenvalue weighted by Gasteiger charge is 2.30. The van der Waals surface area contributed by atoms with Gasteiger partial charge in [-0.3, -0.25) is 4.79 Å². The first-order chi connectivity index (χ1) is 9.51. The molecule has 1 aliphatic heterocycles. The lowest BCUT2D eigenvalue weighted by molar-refractivity contribution is -0.116. The summed E-state index contributed by atoms with van der Waals surface area (Å²) in [5, 5.41) is 3.45. The summed E-state index contributed by atoms with van der Waals surface area (Å²) in [7, 11) is 1.60. The third-order valence-corrected chi connectivity index (χ3v) is 4.44. The second-order valence-corrected chi connectivity index (χ2v) is 5.45. The number of fused-ring (bicyclic) bond motifs is 1. The first-order valence-corrected chi connectivity index (χ1v) is 7.44. The van der Waals surface area contributed by atoms with Gasteiger partial charge in [-0.25, -0.2) is 4.79 Å². The van der Waals surface area contributed by atoms with Crippen molar-refractivity contribution >= 4 is 29.3 Å². The molecule has 5 nitrogen and oxygen atoms in total. The molecule has 0 aliphatic carbocycles. The molecule has 1 aromatic rings. The Kier molecular flexibility index (Phi) is 4.23. The summed E-state index contributed by atoms with van der Waals surface area (Å²) in [5.41, 5.74) is 3.40. The van der Waals surface area contributed by atoms with Crippen LogP contribution in [0.15, 0.2) is 11.1 Å². The second-order valence-electron chi connectivity index (χ2n) is 4.49. The molecule has 1 aromatic heterocycles. The summed E-state index contributed by atoms with van der Waals surface area (Å²) in [5.74, 6) is 0.239. The Hall–Kier alpha value is -1.69. The summed E-state index contributed by atoms with van der Waals surface area (Å²) >= 11 is 1.56. The summed E-state index contributed by atoms with van der Waals surface area (Å²) in [6.07, 6.45) is 1.57. The van der Waals surface area contributed by atoms with E-state index in [-0.39, 0.29) is 11.9 Å². The van der Waals surface area contributed by atoms with Gasteiger partial charge in [-0.2, -0.15) is 0 Å². The van der Waals surface area contributed by atoms with Gasteiger partial charge in [0.1, 0.15) is 0 Å².